The Morgan fingerprint density at radius 3 is 2.82 bits per heavy atom. The van der Waals surface area contributed by atoms with Crippen LogP contribution < -0.4 is 4.74 Å². The van der Waals surface area contributed by atoms with E-state index in [0.29, 0.717) is 5.56 Å². The highest BCUT2D eigenvalue weighted by Crippen LogP contribution is 2.40. The normalized spacial score (nSPS) is 23.7. The molecule has 0 saturated carbocycles. The molecule has 0 aromatic heterocycles. The van der Waals surface area contributed by atoms with Crippen molar-refractivity contribution in [2.75, 3.05) is 12.9 Å². The number of rotatable bonds is 3. The van der Waals surface area contributed by atoms with Gasteiger partial charge in [0, 0.05) is 5.56 Å². The Morgan fingerprint density at radius 2 is 2.29 bits per heavy atom. The molecule has 1 saturated heterocycles. The van der Waals surface area contributed by atoms with Gasteiger partial charge in [-0.2, -0.15) is 0 Å². The number of Topliss-reactive ketones (excluding diaryl/α,β-unsaturated/α-hetero) is 1. The molecule has 1 heterocycles. The predicted octanol–water partition coefficient (Wildman–Crippen LogP) is 3.30. The van der Waals surface area contributed by atoms with E-state index >= 15 is 0 Å². The van der Waals surface area contributed by atoms with Crippen LogP contribution in [0.15, 0.2) is 18.2 Å². The third-order valence-electron chi connectivity index (χ3n) is 3.11. The van der Waals surface area contributed by atoms with Gasteiger partial charge in [0.25, 0.3) is 0 Å². The van der Waals surface area contributed by atoms with Crippen molar-refractivity contribution in [3.8, 4) is 5.75 Å². The summed E-state index contributed by atoms with van der Waals surface area (Å²) >= 11 is 1.66. The van der Waals surface area contributed by atoms with Crippen molar-refractivity contribution in [3.05, 3.63) is 29.6 Å². The molecule has 1 fully saturated rings. The summed E-state index contributed by atoms with van der Waals surface area (Å²) in [6, 6.07) is 4.41. The van der Waals surface area contributed by atoms with Crippen LogP contribution in [0.5, 0.6) is 5.75 Å². The Morgan fingerprint density at radius 1 is 1.53 bits per heavy atom. The first-order valence-corrected chi connectivity index (χ1v) is 6.58. The molecule has 0 spiro atoms. The molecule has 1 aromatic carbocycles. The summed E-state index contributed by atoms with van der Waals surface area (Å²) in [4.78, 5) is 12.3. The van der Waals surface area contributed by atoms with E-state index < -0.39 is 5.82 Å². The molecule has 0 N–H and O–H groups in total. The van der Waals surface area contributed by atoms with Crippen molar-refractivity contribution >= 4 is 17.5 Å². The minimum absolute atomic E-state index is 0.0153. The second-order valence-electron chi connectivity index (χ2n) is 4.36. The number of carbonyl (C=O) groups is 1. The van der Waals surface area contributed by atoms with Crippen molar-refractivity contribution < 1.29 is 13.9 Å². The van der Waals surface area contributed by atoms with Gasteiger partial charge in [-0.05, 0) is 43.7 Å². The Labute approximate surface area is 105 Å². The highest BCUT2D eigenvalue weighted by molar-refractivity contribution is 8.01. The third kappa shape index (κ3) is 2.32. The second kappa shape index (κ2) is 4.69. The first kappa shape index (κ1) is 12.4. The third-order valence-corrected chi connectivity index (χ3v) is 4.63. The summed E-state index contributed by atoms with van der Waals surface area (Å²) in [5, 5.41) is 0. The van der Waals surface area contributed by atoms with Gasteiger partial charge in [-0.1, -0.05) is 0 Å². The molecule has 0 aliphatic carbocycles. The Bertz CT molecular complexity index is 439. The predicted molar refractivity (Wildman–Crippen MR) is 67.4 cm³/mol. The smallest absolute Gasteiger partial charge is 0.178 e. The van der Waals surface area contributed by atoms with Gasteiger partial charge in [0.1, 0.15) is 0 Å². The molecule has 0 amide bonds. The molecule has 1 unspecified atom stereocenters. The number of ketones is 1. The first-order chi connectivity index (χ1) is 8.07. The highest BCUT2D eigenvalue weighted by atomic mass is 32.2. The van der Waals surface area contributed by atoms with Gasteiger partial charge in [0.15, 0.2) is 17.3 Å². The molecule has 1 atom stereocenters. The molecular weight excluding hydrogens is 239 g/mol. The zero-order valence-electron chi connectivity index (χ0n) is 9.96. The lowest BCUT2D eigenvalue weighted by Crippen LogP contribution is -2.28. The molecule has 2 rings (SSSR count). The molecular formula is C13H15FO2S. The minimum atomic E-state index is -0.482. The lowest BCUT2D eigenvalue weighted by molar-refractivity contribution is 0.0948. The minimum Gasteiger partial charge on any atom is -0.494 e. The molecule has 1 aliphatic rings. The van der Waals surface area contributed by atoms with E-state index in [1.165, 1.54) is 19.2 Å². The molecule has 0 radical (unpaired) electrons. The maximum Gasteiger partial charge on any atom is 0.178 e. The summed E-state index contributed by atoms with van der Waals surface area (Å²) in [6.07, 6.45) is 1.91. The maximum atomic E-state index is 13.5. The van der Waals surface area contributed by atoms with Crippen LogP contribution in [0.3, 0.4) is 0 Å². The van der Waals surface area contributed by atoms with Crippen LogP contribution in [0, 0.1) is 5.82 Å². The van der Waals surface area contributed by atoms with Crippen LogP contribution >= 0.6 is 11.8 Å². The number of hydrogen-bond donors (Lipinski definition) is 0. The standard InChI is InChI=1S/C13H15FO2S/c1-13(6-3-7-17-13)12(15)9-4-5-11(16-2)10(14)8-9/h4-5,8H,3,6-7H2,1-2H3. The van der Waals surface area contributed by atoms with E-state index in [-0.39, 0.29) is 16.3 Å². The van der Waals surface area contributed by atoms with Gasteiger partial charge in [0.2, 0.25) is 0 Å². The van der Waals surface area contributed by atoms with Gasteiger partial charge < -0.3 is 4.74 Å². The molecule has 1 aromatic rings. The average molecular weight is 254 g/mol. The SMILES string of the molecule is COc1ccc(C(=O)C2(C)CCCS2)cc1F. The Kier molecular flexibility index (Phi) is 3.43. The molecule has 17 heavy (non-hydrogen) atoms. The van der Waals surface area contributed by atoms with Crippen LogP contribution in [0.4, 0.5) is 4.39 Å². The highest BCUT2D eigenvalue weighted by Gasteiger charge is 2.37. The maximum absolute atomic E-state index is 13.5. The van der Waals surface area contributed by atoms with E-state index in [1.54, 1.807) is 17.8 Å². The lowest BCUT2D eigenvalue weighted by atomic mass is 9.94. The summed E-state index contributed by atoms with van der Waals surface area (Å²) < 4.78 is 18.0. The summed E-state index contributed by atoms with van der Waals surface area (Å²) in [5.41, 5.74) is 0.431. The van der Waals surface area contributed by atoms with Crippen LogP contribution in [-0.2, 0) is 0 Å². The number of benzene rings is 1. The largest absolute Gasteiger partial charge is 0.494 e. The first-order valence-electron chi connectivity index (χ1n) is 5.59. The van der Waals surface area contributed by atoms with Gasteiger partial charge in [0.05, 0.1) is 11.9 Å². The van der Waals surface area contributed by atoms with E-state index in [0.717, 1.165) is 18.6 Å². The van der Waals surface area contributed by atoms with Crippen LogP contribution in [0.1, 0.15) is 30.1 Å². The van der Waals surface area contributed by atoms with Crippen molar-refractivity contribution in [1.82, 2.24) is 0 Å². The van der Waals surface area contributed by atoms with E-state index in [1.807, 2.05) is 6.92 Å². The van der Waals surface area contributed by atoms with Gasteiger partial charge in [-0.15, -0.1) is 11.8 Å². The molecule has 4 heteroatoms. The molecule has 0 bridgehead atoms. The molecule has 92 valence electrons. The van der Waals surface area contributed by atoms with Gasteiger partial charge in [-0.3, -0.25) is 4.79 Å². The number of ether oxygens (including phenoxy) is 1. The number of halogens is 1. The van der Waals surface area contributed by atoms with Gasteiger partial charge in [-0.25, -0.2) is 4.39 Å². The monoisotopic (exact) mass is 254 g/mol. The second-order valence-corrected chi connectivity index (χ2v) is 5.96. The van der Waals surface area contributed by atoms with E-state index in [9.17, 15) is 9.18 Å². The molecule has 2 nitrogen and oxygen atoms in total. The van der Waals surface area contributed by atoms with E-state index in [2.05, 4.69) is 0 Å². The fourth-order valence-corrected chi connectivity index (χ4v) is 3.35. The van der Waals surface area contributed by atoms with Crippen molar-refractivity contribution in [1.29, 1.82) is 0 Å². The lowest BCUT2D eigenvalue weighted by Gasteiger charge is -2.20. The van der Waals surface area contributed by atoms with Crippen LogP contribution in [-0.4, -0.2) is 23.4 Å². The van der Waals surface area contributed by atoms with Gasteiger partial charge >= 0.3 is 0 Å². The zero-order valence-corrected chi connectivity index (χ0v) is 10.8. The van der Waals surface area contributed by atoms with E-state index in [4.69, 9.17) is 4.74 Å². The average Bonchev–Trinajstić information content (AvgIpc) is 2.76. The van der Waals surface area contributed by atoms with Crippen molar-refractivity contribution in [3.63, 3.8) is 0 Å². The summed E-state index contributed by atoms with van der Waals surface area (Å²) in [6.45, 7) is 1.94. The fourth-order valence-electron chi connectivity index (χ4n) is 2.07. The van der Waals surface area contributed by atoms with Crippen molar-refractivity contribution in [2.24, 2.45) is 0 Å². The number of thioether (sulfide) groups is 1. The van der Waals surface area contributed by atoms with Crippen LogP contribution in [0.25, 0.3) is 0 Å². The Hall–Kier alpha value is -1.03. The summed E-state index contributed by atoms with van der Waals surface area (Å²) in [7, 11) is 1.41. The Balaban J connectivity index is 2.28. The number of hydrogen-bond acceptors (Lipinski definition) is 3. The number of methoxy groups -OCH3 is 1. The topological polar surface area (TPSA) is 26.3 Å². The van der Waals surface area contributed by atoms with Crippen molar-refractivity contribution in [2.45, 2.75) is 24.5 Å². The number of carbonyl (C=O) groups excluding carboxylic acids is 1. The summed E-state index contributed by atoms with van der Waals surface area (Å²) in [5.74, 6) is 0.707. The fraction of sp³-hybridized carbons (Fsp3) is 0.462. The quantitative estimate of drug-likeness (QED) is 0.774. The zero-order chi connectivity index (χ0) is 12.5. The molecule has 1 aliphatic heterocycles. The van der Waals surface area contributed by atoms with Crippen LogP contribution in [0.2, 0.25) is 0 Å².